The molecule has 0 unspecified atom stereocenters. The monoisotopic (exact) mass is 489 g/mol. The largest absolute Gasteiger partial charge is 0.505 e. The molecule has 34 heavy (non-hydrogen) atoms. The molecule has 0 saturated carbocycles. The van der Waals surface area contributed by atoms with E-state index in [1.807, 2.05) is 37.4 Å². The minimum absolute atomic E-state index is 0.159. The number of aromatic hydroxyl groups is 1. The summed E-state index contributed by atoms with van der Waals surface area (Å²) in [5.74, 6) is -0.728. The van der Waals surface area contributed by atoms with Crippen LogP contribution in [0.25, 0.3) is 10.9 Å². The van der Waals surface area contributed by atoms with Crippen molar-refractivity contribution in [2.45, 2.75) is 45.8 Å². The average molecular weight is 489 g/mol. The minimum Gasteiger partial charge on any atom is -0.505 e. The first-order valence-electron chi connectivity index (χ1n) is 10.8. The molecule has 3 aromatic rings. The molecule has 11 heteroatoms. The van der Waals surface area contributed by atoms with Crippen LogP contribution in [0.3, 0.4) is 0 Å². The zero-order chi connectivity index (χ0) is 24.7. The van der Waals surface area contributed by atoms with E-state index < -0.39 is 26.4 Å². The fourth-order valence-corrected chi connectivity index (χ4v) is 3.66. The maximum atomic E-state index is 12.8. The quantitative estimate of drug-likeness (QED) is 0.138. The highest BCUT2D eigenvalue weighted by Crippen LogP contribution is 2.37. The summed E-state index contributed by atoms with van der Waals surface area (Å²) in [5, 5.41) is 11.5. The highest BCUT2D eigenvalue weighted by molar-refractivity contribution is 7.46. The Morgan fingerprint density at radius 1 is 1.29 bits per heavy atom. The number of aryl methyl sites for hydroxylation is 1. The van der Waals surface area contributed by atoms with Crippen molar-refractivity contribution in [3.63, 3.8) is 0 Å². The van der Waals surface area contributed by atoms with Gasteiger partial charge >= 0.3 is 13.8 Å². The molecule has 0 saturated heterocycles. The molecule has 3 rings (SSSR count). The Hall–Kier alpha value is -3.04. The van der Waals surface area contributed by atoms with E-state index in [0.29, 0.717) is 5.69 Å². The van der Waals surface area contributed by atoms with E-state index in [4.69, 9.17) is 14.5 Å². The van der Waals surface area contributed by atoms with Gasteiger partial charge in [-0.3, -0.25) is 14.5 Å². The van der Waals surface area contributed by atoms with Crippen LogP contribution in [0.5, 0.6) is 5.75 Å². The smallest absolute Gasteiger partial charge is 0.469 e. The van der Waals surface area contributed by atoms with Gasteiger partial charge in [0, 0.05) is 47.1 Å². The predicted octanol–water partition coefficient (Wildman–Crippen LogP) is 3.56. The number of para-hydroxylation sites is 1. The minimum atomic E-state index is -4.74. The number of hydrogen-bond acceptors (Lipinski definition) is 7. The van der Waals surface area contributed by atoms with Gasteiger partial charge in [0.05, 0.1) is 18.9 Å². The van der Waals surface area contributed by atoms with Gasteiger partial charge in [-0.25, -0.2) is 9.36 Å². The summed E-state index contributed by atoms with van der Waals surface area (Å²) in [6, 6.07) is 6.79. The number of fused-ring (bicyclic) bond motifs is 1. The summed E-state index contributed by atoms with van der Waals surface area (Å²) in [4.78, 5) is 42.5. The van der Waals surface area contributed by atoms with E-state index in [9.17, 15) is 14.5 Å². The summed E-state index contributed by atoms with van der Waals surface area (Å²) in [5.41, 5.74) is 2.47. The number of carbonyl (C=O) groups excluding carboxylic acids is 1. The van der Waals surface area contributed by atoms with Crippen LogP contribution in [0.1, 0.15) is 42.1 Å². The predicted molar refractivity (Wildman–Crippen MR) is 127 cm³/mol. The molecule has 0 aliphatic rings. The number of phosphoric ester groups is 1. The van der Waals surface area contributed by atoms with E-state index in [1.165, 1.54) is 12.4 Å². The standard InChI is InChI=1S/C23H28N3O7P/c1-3-4-9-32-23(28)21(10-16-11-25-20-8-6-5-7-18(16)20)26-13-19-17(14-33-34(29,30)31)12-24-15(2)22(19)27/h5-8,11-13,21,25,27H,3-4,9-10,14H2,1-2H3,(H2,29,30,31)/t21-/m0/s1. The lowest BCUT2D eigenvalue weighted by molar-refractivity contribution is -0.145. The van der Waals surface area contributed by atoms with Gasteiger partial charge in [-0.1, -0.05) is 31.5 Å². The van der Waals surface area contributed by atoms with Crippen molar-refractivity contribution < 1.29 is 33.5 Å². The molecule has 4 N–H and O–H groups in total. The number of carbonyl (C=O) groups is 1. The molecule has 0 amide bonds. The van der Waals surface area contributed by atoms with E-state index in [0.717, 1.165) is 29.3 Å². The molecule has 1 atom stereocenters. The summed E-state index contributed by atoms with van der Waals surface area (Å²) in [6.45, 7) is 3.34. The number of aliphatic imine (C=N–C) groups is 1. The first kappa shape index (κ1) is 25.6. The van der Waals surface area contributed by atoms with Gasteiger partial charge in [-0.2, -0.15) is 0 Å². The van der Waals surface area contributed by atoms with Crippen molar-refractivity contribution in [3.05, 3.63) is 59.0 Å². The molecule has 0 spiro atoms. The van der Waals surface area contributed by atoms with Gasteiger partial charge in [0.15, 0.2) is 6.04 Å². The Balaban J connectivity index is 1.92. The molecule has 2 heterocycles. The highest BCUT2D eigenvalue weighted by Gasteiger charge is 2.22. The van der Waals surface area contributed by atoms with Gasteiger partial charge in [-0.05, 0) is 25.0 Å². The van der Waals surface area contributed by atoms with Crippen LogP contribution in [0.2, 0.25) is 0 Å². The maximum absolute atomic E-state index is 12.8. The molecule has 0 aliphatic heterocycles. The molecule has 0 bridgehead atoms. The first-order valence-corrected chi connectivity index (χ1v) is 12.3. The number of aromatic amines is 1. The SMILES string of the molecule is CCCCOC(=O)[C@H](Cc1c[nH]c2ccccc12)N=Cc1c(COP(=O)(O)O)cnc(C)c1O. The fourth-order valence-electron chi connectivity index (χ4n) is 3.35. The van der Waals surface area contributed by atoms with Gasteiger partial charge in [0.2, 0.25) is 0 Å². The number of esters is 1. The van der Waals surface area contributed by atoms with Crippen molar-refractivity contribution in [1.29, 1.82) is 0 Å². The highest BCUT2D eigenvalue weighted by atomic mass is 31.2. The van der Waals surface area contributed by atoms with Crippen LogP contribution in [0.4, 0.5) is 0 Å². The van der Waals surface area contributed by atoms with E-state index in [1.54, 1.807) is 6.92 Å². The zero-order valence-electron chi connectivity index (χ0n) is 19.0. The molecule has 10 nitrogen and oxygen atoms in total. The second-order valence-corrected chi connectivity index (χ2v) is 9.01. The van der Waals surface area contributed by atoms with E-state index >= 15 is 0 Å². The Morgan fingerprint density at radius 3 is 2.79 bits per heavy atom. The molecule has 0 aliphatic carbocycles. The van der Waals surface area contributed by atoms with Gasteiger partial charge in [0.25, 0.3) is 0 Å². The Morgan fingerprint density at radius 2 is 2.06 bits per heavy atom. The van der Waals surface area contributed by atoms with Crippen molar-refractivity contribution in [2.24, 2.45) is 4.99 Å². The molecule has 0 fully saturated rings. The van der Waals surface area contributed by atoms with Gasteiger partial charge in [-0.15, -0.1) is 0 Å². The Labute approximate surface area is 196 Å². The van der Waals surface area contributed by atoms with Gasteiger partial charge in [0.1, 0.15) is 5.75 Å². The third-order valence-electron chi connectivity index (χ3n) is 5.23. The second kappa shape index (κ2) is 11.4. The summed E-state index contributed by atoms with van der Waals surface area (Å²) in [7, 11) is -4.74. The number of H-pyrrole nitrogens is 1. The molecule has 2 aromatic heterocycles. The number of ether oxygens (including phenoxy) is 1. The number of pyridine rings is 1. The molecule has 0 radical (unpaired) electrons. The normalized spacial score (nSPS) is 12.9. The average Bonchev–Trinajstić information content (AvgIpc) is 3.20. The van der Waals surface area contributed by atoms with Gasteiger partial charge < -0.3 is 24.6 Å². The van der Waals surface area contributed by atoms with Crippen LogP contribution in [0.15, 0.2) is 41.7 Å². The van der Waals surface area contributed by atoms with E-state index in [2.05, 4.69) is 19.5 Å². The number of nitrogens with zero attached hydrogens (tertiary/aromatic N) is 2. The number of aromatic nitrogens is 2. The number of hydrogen-bond donors (Lipinski definition) is 4. The maximum Gasteiger partial charge on any atom is 0.469 e. The molecular weight excluding hydrogens is 461 g/mol. The lowest BCUT2D eigenvalue weighted by atomic mass is 10.0. The van der Waals surface area contributed by atoms with Crippen molar-refractivity contribution in [3.8, 4) is 5.75 Å². The zero-order valence-corrected chi connectivity index (χ0v) is 19.9. The molecular formula is C23H28N3O7P. The van der Waals surface area contributed by atoms with Crippen LogP contribution in [-0.4, -0.2) is 49.7 Å². The van der Waals surface area contributed by atoms with Crippen LogP contribution in [0, 0.1) is 6.92 Å². The molecule has 1 aromatic carbocycles. The third-order valence-corrected chi connectivity index (χ3v) is 5.70. The Bertz CT molecular complexity index is 1220. The topological polar surface area (TPSA) is 154 Å². The summed E-state index contributed by atoms with van der Waals surface area (Å²) >= 11 is 0. The van der Waals surface area contributed by atoms with E-state index in [-0.39, 0.29) is 29.9 Å². The lowest BCUT2D eigenvalue weighted by Gasteiger charge is -2.14. The number of unbranched alkanes of at least 4 members (excludes halogenated alkanes) is 1. The van der Waals surface area contributed by atoms with Crippen molar-refractivity contribution in [1.82, 2.24) is 9.97 Å². The van der Waals surface area contributed by atoms with Crippen LogP contribution in [-0.2, 0) is 31.6 Å². The number of benzene rings is 1. The summed E-state index contributed by atoms with van der Waals surface area (Å²) in [6.07, 6.45) is 6.30. The van der Waals surface area contributed by atoms with Crippen molar-refractivity contribution >= 4 is 30.9 Å². The van der Waals surface area contributed by atoms with Crippen LogP contribution < -0.4 is 0 Å². The fraction of sp³-hybridized carbons (Fsp3) is 0.348. The third kappa shape index (κ3) is 6.74. The van der Waals surface area contributed by atoms with Crippen molar-refractivity contribution in [2.75, 3.05) is 6.61 Å². The Kier molecular flexibility index (Phi) is 8.57. The number of rotatable bonds is 11. The number of nitrogens with one attached hydrogen (secondary N) is 1. The number of phosphoric acid groups is 1. The second-order valence-electron chi connectivity index (χ2n) is 7.77. The first-order chi connectivity index (χ1) is 16.2. The molecule has 182 valence electrons. The summed E-state index contributed by atoms with van der Waals surface area (Å²) < 4.78 is 21.1. The van der Waals surface area contributed by atoms with Crippen LogP contribution >= 0.6 is 7.82 Å². The lowest BCUT2D eigenvalue weighted by Crippen LogP contribution is -2.24.